The van der Waals surface area contributed by atoms with Crippen LogP contribution in [0.25, 0.3) is 0 Å². The summed E-state index contributed by atoms with van der Waals surface area (Å²) >= 11 is 17.4. The maximum absolute atomic E-state index is 13.1. The molecule has 0 saturated carbocycles. The minimum absolute atomic E-state index is 0.120. The van der Waals surface area contributed by atoms with Crippen molar-refractivity contribution >= 4 is 62.6 Å². The molecule has 2 heterocycles. The standard InChI is InChI=1S/C25H23BrCl2N4O3S/c1-3-36-25-30-24-29-18-5-4-6-19(33)21(18)22(32(24)31-25)14-10-15(26)23(20(11-14)34-2)35-12-13-7-8-16(27)17(28)9-13/h7-11,22H,3-6,12H2,1-2H3,(H,29,30,31). The van der Waals surface area contributed by atoms with E-state index < -0.39 is 6.04 Å². The van der Waals surface area contributed by atoms with E-state index in [2.05, 4.69) is 33.2 Å². The molecular weight excluding hydrogens is 587 g/mol. The van der Waals surface area contributed by atoms with Gasteiger partial charge in [-0.1, -0.05) is 48.0 Å². The summed E-state index contributed by atoms with van der Waals surface area (Å²) in [7, 11) is 1.59. The molecule has 0 spiro atoms. The lowest BCUT2D eigenvalue weighted by atomic mass is 9.85. The van der Waals surface area contributed by atoms with Gasteiger partial charge in [-0.2, -0.15) is 4.98 Å². The molecule has 1 aliphatic heterocycles. The third-order valence-electron chi connectivity index (χ3n) is 6.06. The van der Waals surface area contributed by atoms with Gasteiger partial charge < -0.3 is 14.8 Å². The summed E-state index contributed by atoms with van der Waals surface area (Å²) in [5.74, 6) is 2.69. The average molecular weight is 610 g/mol. The first-order valence-electron chi connectivity index (χ1n) is 11.5. The van der Waals surface area contributed by atoms with E-state index in [9.17, 15) is 4.79 Å². The fraction of sp³-hybridized carbons (Fsp3) is 0.320. The van der Waals surface area contributed by atoms with Crippen molar-refractivity contribution in [3.8, 4) is 11.5 Å². The Kier molecular flexibility index (Phi) is 7.53. The van der Waals surface area contributed by atoms with E-state index in [-0.39, 0.29) is 12.4 Å². The smallest absolute Gasteiger partial charge is 0.227 e. The lowest BCUT2D eigenvalue weighted by molar-refractivity contribution is -0.116. The van der Waals surface area contributed by atoms with Gasteiger partial charge in [0, 0.05) is 17.7 Å². The monoisotopic (exact) mass is 608 g/mol. The molecular formula is C25H23BrCl2N4O3S. The summed E-state index contributed by atoms with van der Waals surface area (Å²) < 4.78 is 14.3. The summed E-state index contributed by atoms with van der Waals surface area (Å²) in [5, 5.41) is 9.72. The number of anilines is 1. The molecule has 0 amide bonds. The molecule has 3 aromatic rings. The molecule has 1 aliphatic carbocycles. The molecule has 0 saturated heterocycles. The molecule has 188 valence electrons. The van der Waals surface area contributed by atoms with E-state index in [4.69, 9.17) is 37.8 Å². The summed E-state index contributed by atoms with van der Waals surface area (Å²) in [6.45, 7) is 2.33. The zero-order valence-electron chi connectivity index (χ0n) is 19.6. The highest BCUT2D eigenvalue weighted by Crippen LogP contribution is 2.45. The van der Waals surface area contributed by atoms with Crippen molar-refractivity contribution in [2.24, 2.45) is 0 Å². The first kappa shape index (κ1) is 25.4. The first-order chi connectivity index (χ1) is 17.4. The number of aromatic nitrogens is 3. The molecule has 1 atom stereocenters. The van der Waals surface area contributed by atoms with E-state index in [1.54, 1.807) is 35.7 Å². The number of nitrogens with one attached hydrogen (secondary N) is 1. The number of benzene rings is 2. The number of fused-ring (bicyclic) bond motifs is 1. The van der Waals surface area contributed by atoms with Crippen molar-refractivity contribution in [3.05, 3.63) is 67.2 Å². The Hall–Kier alpha value is -2.20. The second-order valence-corrected chi connectivity index (χ2v) is 11.3. The molecule has 0 radical (unpaired) electrons. The van der Waals surface area contributed by atoms with E-state index in [0.717, 1.165) is 41.0 Å². The van der Waals surface area contributed by atoms with Crippen LogP contribution < -0.4 is 14.8 Å². The molecule has 2 aliphatic rings. The Labute approximate surface area is 231 Å². The Morgan fingerprint density at radius 3 is 2.81 bits per heavy atom. The minimum Gasteiger partial charge on any atom is -0.493 e. The maximum Gasteiger partial charge on any atom is 0.227 e. The molecule has 1 N–H and O–H groups in total. The van der Waals surface area contributed by atoms with Crippen LogP contribution in [0.15, 0.2) is 51.2 Å². The number of ether oxygens (including phenoxy) is 2. The minimum atomic E-state index is -0.419. The zero-order valence-corrected chi connectivity index (χ0v) is 23.5. The molecule has 2 aromatic carbocycles. The number of hydrogen-bond acceptors (Lipinski definition) is 7. The number of allylic oxidation sites excluding steroid dienone is 2. The van der Waals surface area contributed by atoms with Crippen LogP contribution in [0.2, 0.25) is 10.0 Å². The number of Topliss-reactive ketones (excluding diaryl/α,β-unsaturated/α-hetero) is 1. The second kappa shape index (κ2) is 10.7. The highest BCUT2D eigenvalue weighted by atomic mass is 79.9. The molecule has 0 fully saturated rings. The van der Waals surface area contributed by atoms with Gasteiger partial charge in [-0.15, -0.1) is 5.10 Å². The molecule has 1 aromatic heterocycles. The van der Waals surface area contributed by atoms with Crippen LogP contribution in [0.3, 0.4) is 0 Å². The van der Waals surface area contributed by atoms with Crippen molar-refractivity contribution in [3.63, 3.8) is 0 Å². The Morgan fingerprint density at radius 1 is 1.22 bits per heavy atom. The van der Waals surface area contributed by atoms with Gasteiger partial charge in [-0.25, -0.2) is 4.68 Å². The number of carbonyl (C=O) groups is 1. The molecule has 0 bridgehead atoms. The average Bonchev–Trinajstić information content (AvgIpc) is 3.26. The van der Waals surface area contributed by atoms with Crippen LogP contribution in [0, 0.1) is 0 Å². The van der Waals surface area contributed by atoms with Crippen molar-refractivity contribution in [2.45, 2.75) is 44.0 Å². The third-order valence-corrected chi connectivity index (χ3v) is 8.10. The number of rotatable bonds is 7. The van der Waals surface area contributed by atoms with Crippen molar-refractivity contribution in [2.75, 3.05) is 18.2 Å². The van der Waals surface area contributed by atoms with Gasteiger partial charge in [-0.05, 0) is 69.9 Å². The summed E-state index contributed by atoms with van der Waals surface area (Å²) in [6.07, 6.45) is 2.13. The summed E-state index contributed by atoms with van der Waals surface area (Å²) in [6, 6.07) is 8.80. The first-order valence-corrected chi connectivity index (χ1v) is 14.0. The maximum atomic E-state index is 13.1. The van der Waals surface area contributed by atoms with Crippen LogP contribution in [-0.2, 0) is 11.4 Å². The predicted octanol–water partition coefficient (Wildman–Crippen LogP) is 7.07. The summed E-state index contributed by atoms with van der Waals surface area (Å²) in [5.41, 5.74) is 3.37. The van der Waals surface area contributed by atoms with Gasteiger partial charge in [-0.3, -0.25) is 4.79 Å². The Bertz CT molecular complexity index is 1380. The van der Waals surface area contributed by atoms with Crippen LogP contribution in [0.4, 0.5) is 5.95 Å². The van der Waals surface area contributed by atoms with E-state index >= 15 is 0 Å². The lowest BCUT2D eigenvalue weighted by Crippen LogP contribution is -2.31. The fourth-order valence-electron chi connectivity index (χ4n) is 4.46. The molecule has 5 rings (SSSR count). The van der Waals surface area contributed by atoms with Crippen molar-refractivity contribution in [1.82, 2.24) is 14.8 Å². The van der Waals surface area contributed by atoms with Gasteiger partial charge >= 0.3 is 0 Å². The number of hydrogen-bond donors (Lipinski definition) is 1. The highest BCUT2D eigenvalue weighted by Gasteiger charge is 2.37. The normalized spacial score (nSPS) is 16.9. The van der Waals surface area contributed by atoms with Crippen molar-refractivity contribution < 1.29 is 14.3 Å². The molecule has 36 heavy (non-hydrogen) atoms. The van der Waals surface area contributed by atoms with E-state index in [1.165, 1.54) is 0 Å². The highest BCUT2D eigenvalue weighted by molar-refractivity contribution is 9.10. The van der Waals surface area contributed by atoms with E-state index in [0.29, 0.717) is 43.5 Å². The molecule has 11 heteroatoms. The number of thioether (sulfide) groups is 1. The van der Waals surface area contributed by atoms with Gasteiger partial charge in [0.15, 0.2) is 17.3 Å². The fourth-order valence-corrected chi connectivity index (χ4v) is 5.91. The van der Waals surface area contributed by atoms with Gasteiger partial charge in [0.2, 0.25) is 11.1 Å². The van der Waals surface area contributed by atoms with Gasteiger partial charge in [0.1, 0.15) is 12.6 Å². The van der Waals surface area contributed by atoms with Crippen LogP contribution >= 0.6 is 50.9 Å². The quantitative estimate of drug-likeness (QED) is 0.287. The summed E-state index contributed by atoms with van der Waals surface area (Å²) in [4.78, 5) is 17.8. The molecule has 7 nitrogen and oxygen atoms in total. The number of carbonyl (C=O) groups excluding carboxylic acids is 1. The van der Waals surface area contributed by atoms with Gasteiger partial charge in [0.25, 0.3) is 0 Å². The number of ketones is 1. The Morgan fingerprint density at radius 2 is 2.06 bits per heavy atom. The second-order valence-electron chi connectivity index (χ2n) is 8.36. The third kappa shape index (κ3) is 4.86. The molecule has 1 unspecified atom stereocenters. The zero-order chi connectivity index (χ0) is 25.4. The topological polar surface area (TPSA) is 78.3 Å². The Balaban J connectivity index is 1.54. The number of methoxy groups -OCH3 is 1. The predicted molar refractivity (Wildman–Crippen MR) is 146 cm³/mol. The van der Waals surface area contributed by atoms with Crippen LogP contribution in [-0.4, -0.2) is 33.4 Å². The lowest BCUT2D eigenvalue weighted by Gasteiger charge is -2.32. The SMILES string of the molecule is CCSc1nc2n(n1)C(c1cc(Br)c(OCc3ccc(Cl)c(Cl)c3)c(OC)c1)C1=C(CCCC1=O)N2. The van der Waals surface area contributed by atoms with Crippen LogP contribution in [0.5, 0.6) is 11.5 Å². The van der Waals surface area contributed by atoms with Crippen LogP contribution in [0.1, 0.15) is 43.4 Å². The van der Waals surface area contributed by atoms with Crippen molar-refractivity contribution in [1.29, 1.82) is 0 Å². The number of nitrogens with zero attached hydrogens (tertiary/aromatic N) is 3. The van der Waals surface area contributed by atoms with Gasteiger partial charge in [0.05, 0.1) is 21.6 Å². The number of halogens is 3. The largest absolute Gasteiger partial charge is 0.493 e. The van der Waals surface area contributed by atoms with E-state index in [1.807, 2.05) is 18.2 Å².